The lowest BCUT2D eigenvalue weighted by Crippen LogP contribution is -2.31. The molecule has 0 fully saturated rings. The van der Waals surface area contributed by atoms with Gasteiger partial charge in [0.05, 0.1) is 0 Å². The van der Waals surface area contributed by atoms with Crippen molar-refractivity contribution in [3.05, 3.63) is 48.6 Å². The van der Waals surface area contributed by atoms with Crippen molar-refractivity contribution in [2.24, 2.45) is 5.73 Å². The third-order valence-electron chi connectivity index (χ3n) is 2.24. The van der Waals surface area contributed by atoms with Gasteiger partial charge in [-0.15, -0.1) is 6.58 Å². The summed E-state index contributed by atoms with van der Waals surface area (Å²) in [7, 11) is 0. The molecule has 1 rings (SSSR count). The maximum atomic E-state index is 10.8. The Hall–Kier alpha value is -1.77. The van der Waals surface area contributed by atoms with Gasteiger partial charge in [0.2, 0.25) is 0 Å². The lowest BCUT2D eigenvalue weighted by Gasteiger charge is -2.28. The highest BCUT2D eigenvalue weighted by atomic mass is 16.6. The van der Waals surface area contributed by atoms with Crippen LogP contribution in [0.15, 0.2) is 43.0 Å². The highest BCUT2D eigenvalue weighted by Crippen LogP contribution is 2.29. The molecule has 0 aliphatic rings. The predicted octanol–water partition coefficient (Wildman–Crippen LogP) is 2.57. The Morgan fingerprint density at radius 3 is 2.60 bits per heavy atom. The van der Waals surface area contributed by atoms with Gasteiger partial charge in [0.1, 0.15) is 5.60 Å². The summed E-state index contributed by atoms with van der Waals surface area (Å²) in [5.74, 6) is 0. The van der Waals surface area contributed by atoms with Crippen molar-refractivity contribution in [3.8, 4) is 0 Å². The predicted molar refractivity (Wildman–Crippen MR) is 59.3 cm³/mol. The lowest BCUT2D eigenvalue weighted by atomic mass is 9.92. The molecule has 1 amide bonds. The quantitative estimate of drug-likeness (QED) is 0.768. The van der Waals surface area contributed by atoms with E-state index in [4.69, 9.17) is 10.5 Å². The van der Waals surface area contributed by atoms with Gasteiger partial charge in [-0.2, -0.15) is 0 Å². The van der Waals surface area contributed by atoms with E-state index in [1.54, 1.807) is 6.08 Å². The van der Waals surface area contributed by atoms with Gasteiger partial charge in [-0.3, -0.25) is 0 Å². The smallest absolute Gasteiger partial charge is 0.405 e. The van der Waals surface area contributed by atoms with E-state index in [-0.39, 0.29) is 0 Å². The minimum Gasteiger partial charge on any atom is -0.438 e. The van der Waals surface area contributed by atoms with Crippen LogP contribution in [-0.2, 0) is 10.3 Å². The molecule has 1 unspecified atom stereocenters. The van der Waals surface area contributed by atoms with Crippen LogP contribution >= 0.6 is 0 Å². The Balaban J connectivity index is 3.00. The Kier molecular flexibility index (Phi) is 3.50. The topological polar surface area (TPSA) is 52.3 Å². The molecule has 80 valence electrons. The maximum Gasteiger partial charge on any atom is 0.405 e. The van der Waals surface area contributed by atoms with Gasteiger partial charge in [-0.05, 0) is 12.5 Å². The van der Waals surface area contributed by atoms with Gasteiger partial charge >= 0.3 is 6.09 Å². The number of carbonyl (C=O) groups is 1. The molecule has 0 heterocycles. The molecular formula is C12H15NO2. The summed E-state index contributed by atoms with van der Waals surface area (Å²) < 4.78 is 5.13. The fourth-order valence-corrected chi connectivity index (χ4v) is 1.51. The largest absolute Gasteiger partial charge is 0.438 e. The minimum atomic E-state index is -0.775. The summed E-state index contributed by atoms with van der Waals surface area (Å²) in [6.45, 7) is 5.46. The molecule has 3 nitrogen and oxygen atoms in total. The van der Waals surface area contributed by atoms with Crippen molar-refractivity contribution in [2.45, 2.75) is 18.9 Å². The number of carbonyl (C=O) groups excluding carboxylic acids is 1. The first-order valence-electron chi connectivity index (χ1n) is 4.73. The molecule has 1 atom stereocenters. The van der Waals surface area contributed by atoms with Crippen LogP contribution in [0.25, 0.3) is 0 Å². The molecule has 0 aliphatic carbocycles. The van der Waals surface area contributed by atoms with E-state index in [2.05, 4.69) is 6.58 Å². The summed E-state index contributed by atoms with van der Waals surface area (Å²) in [6.07, 6.45) is 1.46. The second-order valence-electron chi connectivity index (χ2n) is 3.51. The molecule has 0 aliphatic heterocycles. The Morgan fingerprint density at radius 2 is 2.13 bits per heavy atom. The van der Waals surface area contributed by atoms with Crippen molar-refractivity contribution < 1.29 is 9.53 Å². The number of nitrogens with two attached hydrogens (primary N) is 1. The fourth-order valence-electron chi connectivity index (χ4n) is 1.51. The SMILES string of the molecule is C=CCC(C)(OC(N)=O)c1ccccc1. The Bertz CT molecular complexity index is 348. The average Bonchev–Trinajstić information content (AvgIpc) is 2.18. The second kappa shape index (κ2) is 4.64. The van der Waals surface area contributed by atoms with Crippen molar-refractivity contribution in [2.75, 3.05) is 0 Å². The van der Waals surface area contributed by atoms with Gasteiger partial charge in [0, 0.05) is 6.42 Å². The number of rotatable bonds is 4. The molecule has 0 saturated carbocycles. The van der Waals surface area contributed by atoms with E-state index in [0.717, 1.165) is 5.56 Å². The standard InChI is InChI=1S/C12H15NO2/c1-3-9-12(2,15-11(13)14)10-7-5-4-6-8-10/h3-8H,1,9H2,2H3,(H2,13,14). The van der Waals surface area contributed by atoms with Crippen molar-refractivity contribution in [3.63, 3.8) is 0 Å². The third kappa shape index (κ3) is 2.84. The zero-order valence-electron chi connectivity index (χ0n) is 8.77. The number of hydrogen-bond donors (Lipinski definition) is 1. The number of hydrogen-bond acceptors (Lipinski definition) is 2. The van der Waals surface area contributed by atoms with Crippen LogP contribution in [0.5, 0.6) is 0 Å². The zero-order valence-corrected chi connectivity index (χ0v) is 8.77. The normalized spacial score (nSPS) is 13.9. The molecule has 2 N–H and O–H groups in total. The first kappa shape index (κ1) is 11.3. The number of primary amides is 1. The summed E-state index contributed by atoms with van der Waals surface area (Å²) in [6, 6.07) is 9.48. The van der Waals surface area contributed by atoms with Crippen molar-refractivity contribution in [1.82, 2.24) is 0 Å². The third-order valence-corrected chi connectivity index (χ3v) is 2.24. The average molecular weight is 205 g/mol. The van der Waals surface area contributed by atoms with Gasteiger partial charge in [-0.25, -0.2) is 4.79 Å². The van der Waals surface area contributed by atoms with Gasteiger partial charge in [0.15, 0.2) is 0 Å². The molecule has 0 spiro atoms. The number of benzene rings is 1. The molecular weight excluding hydrogens is 190 g/mol. The highest BCUT2D eigenvalue weighted by Gasteiger charge is 2.28. The molecule has 0 saturated heterocycles. The number of amides is 1. The van der Waals surface area contributed by atoms with Gasteiger partial charge in [0.25, 0.3) is 0 Å². The van der Waals surface area contributed by atoms with Crippen molar-refractivity contribution in [1.29, 1.82) is 0 Å². The van der Waals surface area contributed by atoms with E-state index in [9.17, 15) is 4.79 Å². The van der Waals surface area contributed by atoms with Crippen LogP contribution in [0.3, 0.4) is 0 Å². The van der Waals surface area contributed by atoms with Crippen LogP contribution in [0.4, 0.5) is 4.79 Å². The summed E-state index contributed by atoms with van der Waals surface area (Å²) in [5.41, 5.74) is 5.23. The summed E-state index contributed by atoms with van der Waals surface area (Å²) in [4.78, 5) is 10.8. The first-order chi connectivity index (χ1) is 7.08. The monoisotopic (exact) mass is 205 g/mol. The van der Waals surface area contributed by atoms with E-state index >= 15 is 0 Å². The summed E-state index contributed by atoms with van der Waals surface area (Å²) in [5, 5.41) is 0. The first-order valence-corrected chi connectivity index (χ1v) is 4.73. The van der Waals surface area contributed by atoms with Crippen LogP contribution in [0.2, 0.25) is 0 Å². The Labute approximate surface area is 89.5 Å². The fraction of sp³-hybridized carbons (Fsp3) is 0.250. The van der Waals surface area contributed by atoms with E-state index in [1.165, 1.54) is 0 Å². The molecule has 0 radical (unpaired) electrons. The maximum absolute atomic E-state index is 10.8. The molecule has 3 heteroatoms. The molecule has 1 aromatic carbocycles. The van der Waals surface area contributed by atoms with Crippen molar-refractivity contribution >= 4 is 6.09 Å². The van der Waals surface area contributed by atoms with E-state index < -0.39 is 11.7 Å². The number of ether oxygens (including phenoxy) is 1. The molecule has 0 bridgehead atoms. The van der Waals surface area contributed by atoms with Crippen LogP contribution in [-0.4, -0.2) is 6.09 Å². The van der Waals surface area contributed by atoms with Crippen LogP contribution in [0.1, 0.15) is 18.9 Å². The van der Waals surface area contributed by atoms with E-state index in [1.807, 2.05) is 37.3 Å². The minimum absolute atomic E-state index is 0.528. The van der Waals surface area contributed by atoms with Gasteiger partial charge in [-0.1, -0.05) is 36.4 Å². The molecule has 1 aromatic rings. The summed E-state index contributed by atoms with van der Waals surface area (Å²) >= 11 is 0. The zero-order chi connectivity index (χ0) is 11.3. The van der Waals surface area contributed by atoms with Crippen LogP contribution < -0.4 is 5.73 Å². The molecule has 0 aromatic heterocycles. The highest BCUT2D eigenvalue weighted by molar-refractivity contribution is 5.65. The van der Waals surface area contributed by atoms with Crippen LogP contribution in [0, 0.1) is 0 Å². The van der Waals surface area contributed by atoms with Gasteiger partial charge < -0.3 is 10.5 Å². The second-order valence-corrected chi connectivity index (χ2v) is 3.51. The lowest BCUT2D eigenvalue weighted by molar-refractivity contribution is 0.0304. The Morgan fingerprint density at radius 1 is 1.53 bits per heavy atom. The molecule has 15 heavy (non-hydrogen) atoms. The van der Waals surface area contributed by atoms with E-state index in [0.29, 0.717) is 6.42 Å².